The van der Waals surface area contributed by atoms with Crippen molar-refractivity contribution in [3.05, 3.63) is 0 Å². The van der Waals surface area contributed by atoms with Crippen molar-refractivity contribution in [1.29, 1.82) is 0 Å². The minimum atomic E-state index is -0.679. The van der Waals surface area contributed by atoms with Gasteiger partial charge in [-0.05, 0) is 19.3 Å². The first kappa shape index (κ1) is 15.4. The Morgan fingerprint density at radius 3 is 2.44 bits per heavy atom. The fourth-order valence-electron chi connectivity index (χ4n) is 2.54. The summed E-state index contributed by atoms with van der Waals surface area (Å²) in [4.78, 5) is 12.8. The van der Waals surface area contributed by atoms with Crippen LogP contribution in [0.25, 0.3) is 0 Å². The summed E-state index contributed by atoms with van der Waals surface area (Å²) >= 11 is 5.16. The number of thiocarbonyl (C=S) groups is 1. The number of nitrogens with one attached hydrogen (secondary N) is 1. The van der Waals surface area contributed by atoms with E-state index in [0.717, 1.165) is 32.1 Å². The lowest BCUT2D eigenvalue weighted by molar-refractivity contribution is -0.129. The molecule has 1 aliphatic heterocycles. The number of rotatable bonds is 7. The summed E-state index contributed by atoms with van der Waals surface area (Å²) in [7, 11) is 0. The first-order chi connectivity index (χ1) is 8.56. The van der Waals surface area contributed by atoms with Crippen LogP contribution in [0, 0.1) is 5.41 Å². The lowest BCUT2D eigenvalue weighted by Gasteiger charge is -2.32. The fraction of sp³-hybridized carbons (Fsp3) is 0.846. The molecule has 3 N–H and O–H groups in total. The molecule has 0 aromatic heterocycles. The number of nitrogens with two attached hydrogens (primary N) is 1. The van der Waals surface area contributed by atoms with Crippen LogP contribution in [0.5, 0.6) is 0 Å². The van der Waals surface area contributed by atoms with E-state index in [1.165, 1.54) is 0 Å². The summed E-state index contributed by atoms with van der Waals surface area (Å²) in [5, 5.41) is 3.04. The topological polar surface area (TPSA) is 64.3 Å². The molecule has 1 fully saturated rings. The minimum absolute atomic E-state index is 0.0193. The van der Waals surface area contributed by atoms with Crippen molar-refractivity contribution in [3.63, 3.8) is 0 Å². The van der Waals surface area contributed by atoms with Gasteiger partial charge in [0.05, 0.1) is 23.1 Å². The highest BCUT2D eigenvalue weighted by Crippen LogP contribution is 2.31. The zero-order valence-corrected chi connectivity index (χ0v) is 12.1. The van der Waals surface area contributed by atoms with E-state index in [1.54, 1.807) is 0 Å². The number of ether oxygens (including phenoxy) is 1. The number of hydrogen-bond donors (Lipinski definition) is 2. The largest absolute Gasteiger partial charge is 0.392 e. The third-order valence-corrected chi connectivity index (χ3v) is 3.92. The van der Waals surface area contributed by atoms with Crippen molar-refractivity contribution >= 4 is 23.1 Å². The Balaban J connectivity index is 2.78. The van der Waals surface area contributed by atoms with E-state index in [4.69, 9.17) is 22.7 Å². The molecule has 0 spiro atoms. The molecule has 1 aliphatic rings. The molecule has 1 unspecified atom stereocenters. The molecule has 18 heavy (non-hydrogen) atoms. The van der Waals surface area contributed by atoms with E-state index >= 15 is 0 Å². The molecule has 5 heteroatoms. The second-order valence-electron chi connectivity index (χ2n) is 4.98. The number of carbonyl (C=O) groups is 1. The van der Waals surface area contributed by atoms with Crippen LogP contribution in [-0.4, -0.2) is 30.2 Å². The van der Waals surface area contributed by atoms with Gasteiger partial charge in [0, 0.05) is 6.61 Å². The van der Waals surface area contributed by atoms with Gasteiger partial charge >= 0.3 is 0 Å². The molecule has 1 amide bonds. The van der Waals surface area contributed by atoms with Crippen molar-refractivity contribution in [3.8, 4) is 0 Å². The fourth-order valence-corrected chi connectivity index (χ4v) is 2.83. The number of amides is 1. The molecular weight excluding hydrogens is 248 g/mol. The summed E-state index contributed by atoms with van der Waals surface area (Å²) in [6.07, 6.45) is 4.10. The highest BCUT2D eigenvalue weighted by molar-refractivity contribution is 7.80. The van der Waals surface area contributed by atoms with Crippen LogP contribution < -0.4 is 11.1 Å². The minimum Gasteiger partial charge on any atom is -0.392 e. The van der Waals surface area contributed by atoms with Gasteiger partial charge in [0.25, 0.3) is 0 Å². The van der Waals surface area contributed by atoms with Crippen LogP contribution in [0.3, 0.4) is 0 Å². The molecule has 0 radical (unpaired) electrons. The van der Waals surface area contributed by atoms with Gasteiger partial charge in [0.2, 0.25) is 5.91 Å². The van der Waals surface area contributed by atoms with Crippen molar-refractivity contribution in [1.82, 2.24) is 5.32 Å². The molecular formula is C13H24N2O2S. The predicted octanol–water partition coefficient (Wildman–Crippen LogP) is 1.76. The van der Waals surface area contributed by atoms with E-state index in [0.29, 0.717) is 18.2 Å². The van der Waals surface area contributed by atoms with E-state index in [9.17, 15) is 4.79 Å². The Morgan fingerprint density at radius 1 is 1.44 bits per heavy atom. The highest BCUT2D eigenvalue weighted by atomic mass is 32.1. The Bertz CT molecular complexity index is 295. The summed E-state index contributed by atoms with van der Waals surface area (Å²) in [5.41, 5.74) is 5.18. The van der Waals surface area contributed by atoms with Gasteiger partial charge < -0.3 is 15.8 Å². The van der Waals surface area contributed by atoms with Crippen molar-refractivity contribution in [2.24, 2.45) is 11.1 Å². The average Bonchev–Trinajstić information content (AvgIpc) is 2.80. The molecule has 104 valence electrons. The standard InChI is InChI=1S/C13H24N2O2S/c1-3-6-13(7-4-2,11(14)18)12(16)15-10-5-8-17-9-10/h10H,3-9H2,1-2H3,(H2,14,18)(H,15,16). The van der Waals surface area contributed by atoms with Crippen LogP contribution in [-0.2, 0) is 9.53 Å². The molecule has 0 saturated carbocycles. The Morgan fingerprint density at radius 2 is 2.06 bits per heavy atom. The van der Waals surface area contributed by atoms with Crippen molar-refractivity contribution < 1.29 is 9.53 Å². The van der Waals surface area contributed by atoms with Crippen LogP contribution in [0.15, 0.2) is 0 Å². The van der Waals surface area contributed by atoms with E-state index in [1.807, 2.05) is 0 Å². The van der Waals surface area contributed by atoms with Crippen LogP contribution in [0.2, 0.25) is 0 Å². The van der Waals surface area contributed by atoms with Gasteiger partial charge in [0.1, 0.15) is 0 Å². The Labute approximate surface area is 115 Å². The quantitative estimate of drug-likeness (QED) is 0.693. The van der Waals surface area contributed by atoms with E-state index in [2.05, 4.69) is 19.2 Å². The Kier molecular flexibility index (Phi) is 6.02. The van der Waals surface area contributed by atoms with Gasteiger partial charge in [-0.3, -0.25) is 4.79 Å². The van der Waals surface area contributed by atoms with Gasteiger partial charge in [-0.2, -0.15) is 0 Å². The number of hydrogen-bond acceptors (Lipinski definition) is 3. The summed E-state index contributed by atoms with van der Waals surface area (Å²) in [6, 6.07) is 0.111. The number of carbonyl (C=O) groups excluding carboxylic acids is 1. The first-order valence-corrected chi connectivity index (χ1v) is 7.16. The van der Waals surface area contributed by atoms with Crippen molar-refractivity contribution in [2.75, 3.05) is 13.2 Å². The van der Waals surface area contributed by atoms with E-state index < -0.39 is 5.41 Å². The van der Waals surface area contributed by atoms with Crippen LogP contribution in [0.1, 0.15) is 46.0 Å². The average molecular weight is 272 g/mol. The second-order valence-corrected chi connectivity index (χ2v) is 5.42. The smallest absolute Gasteiger partial charge is 0.233 e. The molecule has 0 aromatic rings. The molecule has 0 aromatic carbocycles. The maximum atomic E-state index is 12.5. The molecule has 0 bridgehead atoms. The monoisotopic (exact) mass is 272 g/mol. The van der Waals surface area contributed by atoms with Gasteiger partial charge in [-0.15, -0.1) is 0 Å². The third kappa shape index (κ3) is 3.42. The lowest BCUT2D eigenvalue weighted by Crippen LogP contribution is -2.51. The molecule has 1 saturated heterocycles. The van der Waals surface area contributed by atoms with Gasteiger partial charge in [-0.25, -0.2) is 0 Å². The van der Waals surface area contributed by atoms with Gasteiger partial charge in [-0.1, -0.05) is 38.9 Å². The van der Waals surface area contributed by atoms with Gasteiger partial charge in [0.15, 0.2) is 0 Å². The third-order valence-electron chi connectivity index (χ3n) is 3.52. The normalized spacial score (nSPS) is 19.8. The van der Waals surface area contributed by atoms with Crippen LogP contribution >= 0.6 is 12.2 Å². The SMILES string of the molecule is CCCC(CCC)(C(=O)NC1CCOC1)C(N)=S. The maximum Gasteiger partial charge on any atom is 0.233 e. The summed E-state index contributed by atoms with van der Waals surface area (Å²) in [5.74, 6) is -0.0193. The summed E-state index contributed by atoms with van der Waals surface area (Å²) in [6.45, 7) is 5.41. The molecule has 1 rings (SSSR count). The van der Waals surface area contributed by atoms with E-state index in [-0.39, 0.29) is 11.9 Å². The maximum absolute atomic E-state index is 12.5. The zero-order valence-electron chi connectivity index (χ0n) is 11.3. The zero-order chi connectivity index (χ0) is 13.6. The lowest BCUT2D eigenvalue weighted by atomic mass is 9.78. The van der Waals surface area contributed by atoms with Crippen LogP contribution in [0.4, 0.5) is 0 Å². The highest BCUT2D eigenvalue weighted by Gasteiger charge is 2.40. The molecule has 1 atom stereocenters. The second kappa shape index (κ2) is 7.04. The first-order valence-electron chi connectivity index (χ1n) is 6.75. The summed E-state index contributed by atoms with van der Waals surface area (Å²) < 4.78 is 5.27. The molecule has 0 aliphatic carbocycles. The predicted molar refractivity (Wildman–Crippen MR) is 76.4 cm³/mol. The Hall–Kier alpha value is -0.680. The molecule has 4 nitrogen and oxygen atoms in total. The van der Waals surface area contributed by atoms with Crippen molar-refractivity contribution in [2.45, 2.75) is 52.0 Å². The molecule has 1 heterocycles.